The van der Waals surface area contributed by atoms with Crippen molar-refractivity contribution >= 4 is 29.1 Å². The Kier molecular flexibility index (Phi) is 7.44. The number of ether oxygens (including phenoxy) is 1. The zero-order chi connectivity index (χ0) is 23.2. The van der Waals surface area contributed by atoms with E-state index >= 15 is 0 Å². The highest BCUT2D eigenvalue weighted by Crippen LogP contribution is 2.36. The number of carbonyl (C=O) groups is 2. The third-order valence-corrected chi connectivity index (χ3v) is 6.76. The minimum atomic E-state index is -0.139. The standard InChI is InChI=1S/C25H28N4O3S/c1-17(30)26-20-12-8-18(9-13-20)23(31)16-33-25-28-27-24(19-10-14-22(32-2)15-11-19)29(25)21-6-4-3-5-7-21/h8-15,21H,3-7,16H2,1-2H3,(H,26,30). The molecule has 2 aromatic carbocycles. The molecule has 3 aromatic rings. The van der Waals surface area contributed by atoms with E-state index < -0.39 is 0 Å². The fourth-order valence-corrected chi connectivity index (χ4v) is 5.04. The van der Waals surface area contributed by atoms with Crippen LogP contribution in [0, 0.1) is 0 Å². The molecule has 1 heterocycles. The van der Waals surface area contributed by atoms with Gasteiger partial charge in [-0.3, -0.25) is 14.2 Å². The van der Waals surface area contributed by atoms with Crippen LogP contribution in [0.2, 0.25) is 0 Å². The molecule has 1 aliphatic rings. The van der Waals surface area contributed by atoms with Gasteiger partial charge in [-0.25, -0.2) is 0 Å². The predicted molar refractivity (Wildman–Crippen MR) is 130 cm³/mol. The average Bonchev–Trinajstić information content (AvgIpc) is 3.27. The van der Waals surface area contributed by atoms with E-state index in [1.54, 1.807) is 31.4 Å². The van der Waals surface area contributed by atoms with E-state index in [2.05, 4.69) is 20.1 Å². The van der Waals surface area contributed by atoms with Gasteiger partial charge < -0.3 is 10.1 Å². The van der Waals surface area contributed by atoms with Gasteiger partial charge in [0, 0.05) is 29.8 Å². The van der Waals surface area contributed by atoms with Gasteiger partial charge >= 0.3 is 0 Å². The summed E-state index contributed by atoms with van der Waals surface area (Å²) in [4.78, 5) is 24.0. The van der Waals surface area contributed by atoms with E-state index in [1.165, 1.54) is 37.9 Å². The van der Waals surface area contributed by atoms with Crippen LogP contribution in [0.25, 0.3) is 11.4 Å². The highest BCUT2D eigenvalue weighted by Gasteiger charge is 2.24. The maximum atomic E-state index is 12.8. The second kappa shape index (κ2) is 10.7. The van der Waals surface area contributed by atoms with Crippen LogP contribution in [0.3, 0.4) is 0 Å². The molecule has 0 saturated heterocycles. The van der Waals surface area contributed by atoms with Crippen LogP contribution in [0.15, 0.2) is 53.7 Å². The van der Waals surface area contributed by atoms with Crippen molar-refractivity contribution in [2.24, 2.45) is 0 Å². The molecule has 1 aromatic heterocycles. The van der Waals surface area contributed by atoms with E-state index in [-0.39, 0.29) is 17.4 Å². The van der Waals surface area contributed by atoms with Gasteiger partial charge in [0.2, 0.25) is 5.91 Å². The molecule has 1 fully saturated rings. The first-order valence-corrected chi connectivity index (χ1v) is 12.2. The van der Waals surface area contributed by atoms with Gasteiger partial charge in [-0.05, 0) is 61.4 Å². The van der Waals surface area contributed by atoms with Gasteiger partial charge in [0.05, 0.1) is 12.9 Å². The van der Waals surface area contributed by atoms with Gasteiger partial charge in [0.25, 0.3) is 0 Å². The largest absolute Gasteiger partial charge is 0.497 e. The highest BCUT2D eigenvalue weighted by atomic mass is 32.2. The lowest BCUT2D eigenvalue weighted by atomic mass is 9.95. The van der Waals surface area contributed by atoms with Crippen molar-refractivity contribution in [2.75, 3.05) is 18.2 Å². The molecule has 0 unspecified atom stereocenters. The molecule has 0 spiro atoms. The van der Waals surface area contributed by atoms with Crippen molar-refractivity contribution in [1.82, 2.24) is 14.8 Å². The molecule has 33 heavy (non-hydrogen) atoms. The van der Waals surface area contributed by atoms with Gasteiger partial charge in [0.1, 0.15) is 5.75 Å². The third-order valence-electron chi connectivity index (χ3n) is 5.81. The summed E-state index contributed by atoms with van der Waals surface area (Å²) in [6, 6.07) is 15.1. The van der Waals surface area contributed by atoms with Gasteiger partial charge in [-0.1, -0.05) is 31.0 Å². The molecule has 172 valence electrons. The van der Waals surface area contributed by atoms with Crippen molar-refractivity contribution in [3.8, 4) is 17.1 Å². The van der Waals surface area contributed by atoms with Crippen molar-refractivity contribution in [2.45, 2.75) is 50.2 Å². The fraction of sp³-hybridized carbons (Fsp3) is 0.360. The summed E-state index contributed by atoms with van der Waals surface area (Å²) in [6.07, 6.45) is 5.82. The van der Waals surface area contributed by atoms with Crippen LogP contribution in [0.5, 0.6) is 5.75 Å². The van der Waals surface area contributed by atoms with E-state index in [0.29, 0.717) is 17.3 Å². The number of nitrogens with zero attached hydrogens (tertiary/aromatic N) is 3. The summed E-state index contributed by atoms with van der Waals surface area (Å²) in [5.74, 6) is 1.77. The molecule has 1 amide bonds. The summed E-state index contributed by atoms with van der Waals surface area (Å²) in [5, 5.41) is 12.5. The molecule has 0 atom stereocenters. The lowest BCUT2D eigenvalue weighted by Gasteiger charge is -2.25. The number of carbonyl (C=O) groups excluding carboxylic acids is 2. The number of thioether (sulfide) groups is 1. The maximum absolute atomic E-state index is 12.8. The molecular formula is C25H28N4O3S. The van der Waals surface area contributed by atoms with Gasteiger partial charge in [0.15, 0.2) is 16.8 Å². The first-order chi connectivity index (χ1) is 16.0. The van der Waals surface area contributed by atoms with E-state index in [4.69, 9.17) is 4.74 Å². The summed E-state index contributed by atoms with van der Waals surface area (Å²) in [5.41, 5.74) is 2.27. The molecular weight excluding hydrogens is 436 g/mol. The molecule has 0 radical (unpaired) electrons. The summed E-state index contributed by atoms with van der Waals surface area (Å²) < 4.78 is 7.51. The highest BCUT2D eigenvalue weighted by molar-refractivity contribution is 7.99. The number of methoxy groups -OCH3 is 1. The topological polar surface area (TPSA) is 86.1 Å². The Morgan fingerprint density at radius 3 is 2.36 bits per heavy atom. The Bertz CT molecular complexity index is 1100. The van der Waals surface area contributed by atoms with E-state index in [9.17, 15) is 9.59 Å². The Labute approximate surface area is 197 Å². The predicted octanol–water partition coefficient (Wildman–Crippen LogP) is 5.39. The molecule has 4 rings (SSSR count). The van der Waals surface area contributed by atoms with Crippen molar-refractivity contribution in [3.05, 3.63) is 54.1 Å². The molecule has 1 aliphatic carbocycles. The third kappa shape index (κ3) is 5.63. The summed E-state index contributed by atoms with van der Waals surface area (Å²) >= 11 is 1.43. The molecule has 0 aliphatic heterocycles. The minimum absolute atomic E-state index is 0.0126. The van der Waals surface area contributed by atoms with Gasteiger partial charge in [-0.2, -0.15) is 0 Å². The number of nitrogens with one attached hydrogen (secondary N) is 1. The number of benzene rings is 2. The molecule has 0 bridgehead atoms. The smallest absolute Gasteiger partial charge is 0.221 e. The summed E-state index contributed by atoms with van der Waals surface area (Å²) in [7, 11) is 1.65. The Morgan fingerprint density at radius 1 is 1.03 bits per heavy atom. The van der Waals surface area contributed by atoms with Gasteiger partial charge in [-0.15, -0.1) is 10.2 Å². The maximum Gasteiger partial charge on any atom is 0.221 e. The SMILES string of the molecule is COc1ccc(-c2nnc(SCC(=O)c3ccc(NC(C)=O)cc3)n2C2CCCCC2)cc1. The molecule has 1 saturated carbocycles. The first-order valence-electron chi connectivity index (χ1n) is 11.2. The zero-order valence-electron chi connectivity index (χ0n) is 18.9. The van der Waals surface area contributed by atoms with Crippen molar-refractivity contribution in [1.29, 1.82) is 0 Å². The number of rotatable bonds is 8. The van der Waals surface area contributed by atoms with Crippen molar-refractivity contribution in [3.63, 3.8) is 0 Å². The average molecular weight is 465 g/mol. The normalized spacial score (nSPS) is 14.1. The molecule has 8 heteroatoms. The minimum Gasteiger partial charge on any atom is -0.497 e. The van der Waals surface area contributed by atoms with Crippen LogP contribution < -0.4 is 10.1 Å². The lowest BCUT2D eigenvalue weighted by Crippen LogP contribution is -2.15. The number of aromatic nitrogens is 3. The molecule has 1 N–H and O–H groups in total. The second-order valence-electron chi connectivity index (χ2n) is 8.17. The number of anilines is 1. The number of Topliss-reactive ketones (excluding diaryl/α,β-unsaturated/α-hetero) is 1. The van der Waals surface area contributed by atoms with Crippen LogP contribution in [0.4, 0.5) is 5.69 Å². The Hall–Kier alpha value is -3.13. The van der Waals surface area contributed by atoms with Crippen molar-refractivity contribution < 1.29 is 14.3 Å². The Balaban J connectivity index is 1.53. The first kappa shape index (κ1) is 23.0. The van der Waals surface area contributed by atoms with E-state index in [0.717, 1.165) is 35.1 Å². The number of hydrogen-bond acceptors (Lipinski definition) is 6. The quantitative estimate of drug-likeness (QED) is 0.355. The number of ketones is 1. The monoisotopic (exact) mass is 464 g/mol. The fourth-order valence-electron chi connectivity index (χ4n) is 4.14. The van der Waals surface area contributed by atoms with Crippen LogP contribution >= 0.6 is 11.8 Å². The van der Waals surface area contributed by atoms with Crippen LogP contribution in [-0.4, -0.2) is 39.3 Å². The summed E-state index contributed by atoms with van der Waals surface area (Å²) in [6.45, 7) is 1.46. The number of amides is 1. The number of hydrogen-bond donors (Lipinski definition) is 1. The van der Waals surface area contributed by atoms with Crippen LogP contribution in [0.1, 0.15) is 55.4 Å². The lowest BCUT2D eigenvalue weighted by molar-refractivity contribution is -0.114. The van der Waals surface area contributed by atoms with E-state index in [1.807, 2.05) is 24.3 Å². The zero-order valence-corrected chi connectivity index (χ0v) is 19.7. The Morgan fingerprint density at radius 2 is 1.73 bits per heavy atom. The molecule has 7 nitrogen and oxygen atoms in total. The van der Waals surface area contributed by atoms with Crippen LogP contribution in [-0.2, 0) is 4.79 Å². The second-order valence-corrected chi connectivity index (χ2v) is 9.11.